The number of nitrogens with one attached hydrogen (secondary N) is 1. The van der Waals surface area contributed by atoms with Gasteiger partial charge in [-0.25, -0.2) is 0 Å². The van der Waals surface area contributed by atoms with Crippen molar-refractivity contribution in [3.05, 3.63) is 11.3 Å². The number of hydrogen-bond donors (Lipinski definition) is 2. The minimum absolute atomic E-state index is 0.526. The summed E-state index contributed by atoms with van der Waals surface area (Å²) in [5.41, 5.74) is 8.25. The lowest BCUT2D eigenvalue weighted by molar-refractivity contribution is 0.0461. The van der Waals surface area contributed by atoms with E-state index in [0.29, 0.717) is 17.7 Å². The Morgan fingerprint density at radius 2 is 2.40 bits per heavy atom. The summed E-state index contributed by atoms with van der Waals surface area (Å²) in [6.07, 6.45) is 2.01. The number of anilines is 1. The molecule has 1 saturated heterocycles. The number of rotatable bonds is 2. The molecular formula is C11H19N3O. The molecule has 0 radical (unpaired) electrons. The first-order valence-corrected chi connectivity index (χ1v) is 5.64. The Kier molecular flexibility index (Phi) is 2.95. The molecule has 84 valence electrons. The van der Waals surface area contributed by atoms with Gasteiger partial charge in [0.1, 0.15) is 5.82 Å². The summed E-state index contributed by atoms with van der Waals surface area (Å²) in [4.78, 5) is 0. The van der Waals surface area contributed by atoms with Crippen molar-refractivity contribution in [1.29, 1.82) is 0 Å². The van der Waals surface area contributed by atoms with Crippen molar-refractivity contribution in [2.24, 2.45) is 5.92 Å². The zero-order chi connectivity index (χ0) is 10.8. The molecule has 4 heteroatoms. The Labute approximate surface area is 90.2 Å². The maximum absolute atomic E-state index is 5.83. The predicted molar refractivity (Wildman–Crippen MR) is 59.7 cm³/mol. The molecule has 0 amide bonds. The molecule has 1 fully saturated rings. The van der Waals surface area contributed by atoms with Crippen molar-refractivity contribution in [2.75, 3.05) is 18.9 Å². The molecule has 15 heavy (non-hydrogen) atoms. The molecule has 1 aliphatic rings. The van der Waals surface area contributed by atoms with Crippen molar-refractivity contribution in [3.63, 3.8) is 0 Å². The zero-order valence-electron chi connectivity index (χ0n) is 9.42. The van der Waals surface area contributed by atoms with Gasteiger partial charge in [0.2, 0.25) is 0 Å². The van der Waals surface area contributed by atoms with E-state index in [0.717, 1.165) is 26.1 Å². The number of H-pyrrole nitrogens is 1. The van der Waals surface area contributed by atoms with E-state index < -0.39 is 0 Å². The van der Waals surface area contributed by atoms with Crippen molar-refractivity contribution in [1.82, 2.24) is 10.2 Å². The lowest BCUT2D eigenvalue weighted by atomic mass is 9.85. The zero-order valence-corrected chi connectivity index (χ0v) is 9.42. The summed E-state index contributed by atoms with van der Waals surface area (Å²) < 4.78 is 5.45. The van der Waals surface area contributed by atoms with Crippen LogP contribution in [0.25, 0.3) is 0 Å². The maximum Gasteiger partial charge on any atom is 0.148 e. The Balaban J connectivity index is 2.27. The topological polar surface area (TPSA) is 63.9 Å². The highest BCUT2D eigenvalue weighted by Gasteiger charge is 2.27. The molecule has 0 bridgehead atoms. The Morgan fingerprint density at radius 1 is 1.60 bits per heavy atom. The van der Waals surface area contributed by atoms with Crippen LogP contribution in [0.15, 0.2) is 0 Å². The lowest BCUT2D eigenvalue weighted by Gasteiger charge is -2.28. The third kappa shape index (κ3) is 1.86. The average molecular weight is 209 g/mol. The smallest absolute Gasteiger partial charge is 0.148 e. The van der Waals surface area contributed by atoms with Crippen LogP contribution in [-0.2, 0) is 11.2 Å². The molecule has 2 heterocycles. The van der Waals surface area contributed by atoms with E-state index in [1.807, 2.05) is 0 Å². The first kappa shape index (κ1) is 10.5. The van der Waals surface area contributed by atoms with Crippen LogP contribution in [0, 0.1) is 5.92 Å². The van der Waals surface area contributed by atoms with Crippen LogP contribution in [0.5, 0.6) is 0 Å². The van der Waals surface area contributed by atoms with E-state index in [4.69, 9.17) is 10.5 Å². The molecule has 4 nitrogen and oxygen atoms in total. The SMILES string of the molecule is CCc1c(N)n[nH]c1C1CCOCC1C. The first-order chi connectivity index (χ1) is 7.24. The number of aromatic amines is 1. The average Bonchev–Trinajstić information content (AvgIpc) is 2.60. The Morgan fingerprint density at radius 3 is 3.07 bits per heavy atom. The van der Waals surface area contributed by atoms with Gasteiger partial charge < -0.3 is 10.5 Å². The van der Waals surface area contributed by atoms with Gasteiger partial charge in [-0.1, -0.05) is 13.8 Å². The predicted octanol–water partition coefficient (Wildman–Crippen LogP) is 1.69. The van der Waals surface area contributed by atoms with Crippen LogP contribution in [0.3, 0.4) is 0 Å². The van der Waals surface area contributed by atoms with Crippen LogP contribution < -0.4 is 5.73 Å². The molecule has 2 atom stereocenters. The molecule has 0 spiro atoms. The standard InChI is InChI=1S/C11H19N3O/c1-3-8-10(13-14-11(8)12)9-4-5-15-6-7(9)2/h7,9H,3-6H2,1-2H3,(H3,12,13,14). The summed E-state index contributed by atoms with van der Waals surface area (Å²) in [7, 11) is 0. The van der Waals surface area contributed by atoms with E-state index in [-0.39, 0.29) is 0 Å². The molecular weight excluding hydrogens is 190 g/mol. The molecule has 1 aromatic heterocycles. The highest BCUT2D eigenvalue weighted by atomic mass is 16.5. The molecule has 0 aliphatic carbocycles. The van der Waals surface area contributed by atoms with E-state index in [1.54, 1.807) is 0 Å². The van der Waals surface area contributed by atoms with Crippen LogP contribution in [0.4, 0.5) is 5.82 Å². The normalized spacial score (nSPS) is 26.8. The molecule has 2 rings (SSSR count). The number of aromatic nitrogens is 2. The van der Waals surface area contributed by atoms with Gasteiger partial charge in [-0.2, -0.15) is 5.10 Å². The second-order valence-corrected chi connectivity index (χ2v) is 4.30. The van der Waals surface area contributed by atoms with Gasteiger partial charge in [-0.15, -0.1) is 0 Å². The minimum atomic E-state index is 0.526. The third-order valence-corrected chi connectivity index (χ3v) is 3.30. The number of ether oxygens (including phenoxy) is 1. The van der Waals surface area contributed by atoms with Gasteiger partial charge in [0.25, 0.3) is 0 Å². The maximum atomic E-state index is 5.83. The fourth-order valence-corrected chi connectivity index (χ4v) is 2.38. The molecule has 1 aromatic rings. The number of hydrogen-bond acceptors (Lipinski definition) is 3. The number of nitrogens with two attached hydrogens (primary N) is 1. The van der Waals surface area contributed by atoms with Gasteiger partial charge in [0.05, 0.1) is 0 Å². The highest BCUT2D eigenvalue weighted by molar-refractivity contribution is 5.43. The summed E-state index contributed by atoms with van der Waals surface area (Å²) >= 11 is 0. The summed E-state index contributed by atoms with van der Waals surface area (Å²) in [5.74, 6) is 1.73. The second kappa shape index (κ2) is 4.23. The van der Waals surface area contributed by atoms with Crippen LogP contribution >= 0.6 is 0 Å². The van der Waals surface area contributed by atoms with Crippen molar-refractivity contribution in [2.45, 2.75) is 32.6 Å². The van der Waals surface area contributed by atoms with Crippen LogP contribution in [0.1, 0.15) is 37.4 Å². The fraction of sp³-hybridized carbons (Fsp3) is 0.727. The van der Waals surface area contributed by atoms with Crippen molar-refractivity contribution < 1.29 is 4.74 Å². The van der Waals surface area contributed by atoms with Gasteiger partial charge in [-0.05, 0) is 18.8 Å². The van der Waals surface area contributed by atoms with Crippen LogP contribution in [-0.4, -0.2) is 23.4 Å². The van der Waals surface area contributed by atoms with Gasteiger partial charge in [0.15, 0.2) is 0 Å². The summed E-state index contributed by atoms with van der Waals surface area (Å²) in [6, 6.07) is 0. The molecule has 2 unspecified atom stereocenters. The first-order valence-electron chi connectivity index (χ1n) is 5.64. The Bertz CT molecular complexity index is 335. The van der Waals surface area contributed by atoms with Gasteiger partial charge >= 0.3 is 0 Å². The van der Waals surface area contributed by atoms with E-state index >= 15 is 0 Å². The Hall–Kier alpha value is -1.03. The monoisotopic (exact) mass is 209 g/mol. The highest BCUT2D eigenvalue weighted by Crippen LogP contribution is 2.34. The van der Waals surface area contributed by atoms with Crippen molar-refractivity contribution >= 4 is 5.82 Å². The van der Waals surface area contributed by atoms with Crippen molar-refractivity contribution in [3.8, 4) is 0 Å². The quantitative estimate of drug-likeness (QED) is 0.779. The molecule has 0 saturated carbocycles. The fourth-order valence-electron chi connectivity index (χ4n) is 2.38. The summed E-state index contributed by atoms with van der Waals surface area (Å²) in [5, 5.41) is 7.20. The van der Waals surface area contributed by atoms with Gasteiger partial charge in [-0.3, -0.25) is 5.10 Å². The second-order valence-electron chi connectivity index (χ2n) is 4.30. The third-order valence-electron chi connectivity index (χ3n) is 3.30. The molecule has 3 N–H and O–H groups in total. The van der Waals surface area contributed by atoms with Gasteiger partial charge in [0, 0.05) is 30.4 Å². The van der Waals surface area contributed by atoms with Crippen LogP contribution in [0.2, 0.25) is 0 Å². The number of nitrogen functional groups attached to an aromatic ring is 1. The lowest BCUT2D eigenvalue weighted by Crippen LogP contribution is -2.24. The summed E-state index contributed by atoms with van der Waals surface area (Å²) in [6.45, 7) is 6.03. The van der Waals surface area contributed by atoms with E-state index in [2.05, 4.69) is 24.0 Å². The molecule has 0 aromatic carbocycles. The minimum Gasteiger partial charge on any atom is -0.382 e. The van der Waals surface area contributed by atoms with E-state index in [9.17, 15) is 0 Å². The van der Waals surface area contributed by atoms with E-state index in [1.165, 1.54) is 11.3 Å². The molecule has 1 aliphatic heterocycles. The number of nitrogens with zero attached hydrogens (tertiary/aromatic N) is 1. The largest absolute Gasteiger partial charge is 0.382 e.